The van der Waals surface area contributed by atoms with Gasteiger partial charge in [-0.15, -0.1) is 0 Å². The van der Waals surface area contributed by atoms with Crippen LogP contribution in [0.15, 0.2) is 43.0 Å². The first-order chi connectivity index (χ1) is 15.0. The molecule has 0 bridgehead atoms. The Hall–Kier alpha value is -3.59. The summed E-state index contributed by atoms with van der Waals surface area (Å²) in [6, 6.07) is 4.93. The summed E-state index contributed by atoms with van der Waals surface area (Å²) in [5, 5.41) is 5.98. The summed E-state index contributed by atoms with van der Waals surface area (Å²) in [4.78, 5) is 28.3. The summed E-state index contributed by atoms with van der Waals surface area (Å²) in [5.41, 5.74) is 3.82. The molecule has 158 valence electrons. The zero-order valence-corrected chi connectivity index (χ0v) is 17.3. The van der Waals surface area contributed by atoms with Gasteiger partial charge in [0, 0.05) is 56.4 Å². The van der Waals surface area contributed by atoms with E-state index in [0.717, 1.165) is 25.3 Å². The van der Waals surface area contributed by atoms with Crippen LogP contribution in [0.3, 0.4) is 0 Å². The van der Waals surface area contributed by atoms with Crippen molar-refractivity contribution in [3.8, 4) is 0 Å². The number of hydrogen-bond acceptors (Lipinski definition) is 6. The molecule has 4 aromatic rings. The summed E-state index contributed by atoms with van der Waals surface area (Å²) in [5.74, 6) is -0.277. The number of carbonyl (C=O) groups is 1. The number of hydrogen-bond donors (Lipinski definition) is 2. The minimum Gasteiger partial charge on any atom is -0.369 e. The van der Waals surface area contributed by atoms with Gasteiger partial charge in [-0.1, -0.05) is 0 Å². The molecule has 0 unspecified atom stereocenters. The van der Waals surface area contributed by atoms with E-state index in [1.807, 2.05) is 13.1 Å². The van der Waals surface area contributed by atoms with E-state index in [9.17, 15) is 9.18 Å². The molecule has 9 heteroatoms. The van der Waals surface area contributed by atoms with E-state index in [4.69, 9.17) is 0 Å². The van der Waals surface area contributed by atoms with Gasteiger partial charge in [-0.3, -0.25) is 14.8 Å². The third-order valence-corrected chi connectivity index (χ3v) is 5.52. The highest BCUT2D eigenvalue weighted by Gasteiger charge is 2.28. The van der Waals surface area contributed by atoms with Crippen LogP contribution in [0.1, 0.15) is 16.1 Å². The molecule has 5 rings (SSSR count). The van der Waals surface area contributed by atoms with E-state index in [2.05, 4.69) is 30.5 Å². The number of fused-ring (bicyclic) bond motifs is 2. The van der Waals surface area contributed by atoms with Crippen molar-refractivity contribution in [2.75, 3.05) is 36.9 Å². The molecule has 1 aliphatic heterocycles. The van der Waals surface area contributed by atoms with Gasteiger partial charge in [0.25, 0.3) is 5.91 Å². The van der Waals surface area contributed by atoms with Crippen LogP contribution in [0.2, 0.25) is 0 Å². The van der Waals surface area contributed by atoms with E-state index >= 15 is 0 Å². The van der Waals surface area contributed by atoms with E-state index < -0.39 is 5.82 Å². The quantitative estimate of drug-likeness (QED) is 0.517. The van der Waals surface area contributed by atoms with Gasteiger partial charge in [-0.2, -0.15) is 0 Å². The van der Waals surface area contributed by atoms with Gasteiger partial charge in [0.05, 0.1) is 22.6 Å². The van der Waals surface area contributed by atoms with Crippen molar-refractivity contribution >= 4 is 34.0 Å². The van der Waals surface area contributed by atoms with Crippen LogP contribution in [0, 0.1) is 18.7 Å². The molecule has 3 aromatic heterocycles. The molecule has 1 fully saturated rings. The Morgan fingerprint density at radius 2 is 1.97 bits per heavy atom. The Labute approximate surface area is 178 Å². The number of aromatic nitrogens is 4. The van der Waals surface area contributed by atoms with Crippen molar-refractivity contribution in [1.82, 2.24) is 24.7 Å². The van der Waals surface area contributed by atoms with Crippen molar-refractivity contribution in [3.63, 3.8) is 0 Å². The average molecular weight is 419 g/mol. The van der Waals surface area contributed by atoms with E-state index in [0.29, 0.717) is 33.9 Å². The molecule has 0 radical (unpaired) electrons. The highest BCUT2D eigenvalue weighted by Crippen LogP contribution is 2.31. The summed E-state index contributed by atoms with van der Waals surface area (Å²) in [7, 11) is 1.95. The molecular formula is C22H22FN7O. The Balaban J connectivity index is 1.45. The minimum absolute atomic E-state index is 0.224. The normalized spacial score (nSPS) is 14.2. The Morgan fingerprint density at radius 1 is 1.19 bits per heavy atom. The summed E-state index contributed by atoms with van der Waals surface area (Å²) >= 11 is 0. The van der Waals surface area contributed by atoms with Crippen LogP contribution in [-0.2, 0) is 0 Å². The molecule has 0 saturated carbocycles. The summed E-state index contributed by atoms with van der Waals surface area (Å²) in [6.45, 7) is 4.62. The molecule has 0 atom stereocenters. The van der Waals surface area contributed by atoms with Gasteiger partial charge in [0.15, 0.2) is 11.5 Å². The highest BCUT2D eigenvalue weighted by atomic mass is 19.1. The fraction of sp³-hybridized carbons (Fsp3) is 0.273. The third kappa shape index (κ3) is 3.46. The predicted octanol–water partition coefficient (Wildman–Crippen LogP) is 2.63. The Kier molecular flexibility index (Phi) is 4.74. The number of benzene rings is 1. The van der Waals surface area contributed by atoms with Gasteiger partial charge in [0.1, 0.15) is 11.0 Å². The van der Waals surface area contributed by atoms with E-state index in [-0.39, 0.29) is 11.6 Å². The van der Waals surface area contributed by atoms with Crippen molar-refractivity contribution in [2.24, 2.45) is 5.92 Å². The Bertz CT molecular complexity index is 1300. The van der Waals surface area contributed by atoms with Gasteiger partial charge in [-0.05, 0) is 26.1 Å². The number of nitrogens with one attached hydrogen (secondary N) is 2. The van der Waals surface area contributed by atoms with Crippen LogP contribution < -0.4 is 15.5 Å². The SMILES string of the molecule is CNCC1CN(c2ccc(C(=O)Nc3cc(F)c4nc(C)cn4c3)c3nccnc23)C1. The third-order valence-electron chi connectivity index (χ3n) is 5.52. The lowest BCUT2D eigenvalue weighted by Gasteiger charge is -2.41. The van der Waals surface area contributed by atoms with Crippen molar-refractivity contribution in [2.45, 2.75) is 6.92 Å². The number of halogens is 1. The molecule has 2 N–H and O–H groups in total. The topological polar surface area (TPSA) is 87.5 Å². The summed E-state index contributed by atoms with van der Waals surface area (Å²) in [6.07, 6.45) is 6.55. The van der Waals surface area contributed by atoms with Crippen molar-refractivity contribution in [1.29, 1.82) is 0 Å². The Morgan fingerprint density at radius 3 is 2.74 bits per heavy atom. The molecule has 0 aliphatic carbocycles. The number of rotatable bonds is 5. The van der Waals surface area contributed by atoms with Gasteiger partial charge < -0.3 is 19.9 Å². The molecule has 0 spiro atoms. The molecule has 8 nitrogen and oxygen atoms in total. The van der Waals surface area contributed by atoms with Crippen LogP contribution in [0.25, 0.3) is 16.7 Å². The highest BCUT2D eigenvalue weighted by molar-refractivity contribution is 6.13. The second-order valence-corrected chi connectivity index (χ2v) is 7.86. The lowest BCUT2D eigenvalue weighted by atomic mass is 9.98. The monoisotopic (exact) mass is 419 g/mol. The fourth-order valence-corrected chi connectivity index (χ4v) is 4.11. The lowest BCUT2D eigenvalue weighted by Crippen LogP contribution is -2.50. The first kappa shape index (κ1) is 19.4. The van der Waals surface area contributed by atoms with Gasteiger partial charge in [0.2, 0.25) is 0 Å². The van der Waals surface area contributed by atoms with Crippen LogP contribution in [0.4, 0.5) is 15.8 Å². The molecule has 1 aromatic carbocycles. The van der Waals surface area contributed by atoms with Gasteiger partial charge in [-0.25, -0.2) is 9.37 Å². The zero-order valence-electron chi connectivity index (χ0n) is 17.3. The molecular weight excluding hydrogens is 397 g/mol. The molecule has 1 amide bonds. The van der Waals surface area contributed by atoms with E-state index in [1.165, 1.54) is 6.07 Å². The number of carbonyl (C=O) groups excluding carboxylic acids is 1. The maximum Gasteiger partial charge on any atom is 0.257 e. The van der Waals surface area contributed by atoms with Crippen LogP contribution >= 0.6 is 0 Å². The van der Waals surface area contributed by atoms with E-state index in [1.54, 1.807) is 42.2 Å². The number of nitrogens with zero attached hydrogens (tertiary/aromatic N) is 5. The largest absolute Gasteiger partial charge is 0.369 e. The molecule has 31 heavy (non-hydrogen) atoms. The molecule has 1 aliphatic rings. The summed E-state index contributed by atoms with van der Waals surface area (Å²) < 4.78 is 15.9. The fourth-order valence-electron chi connectivity index (χ4n) is 4.11. The predicted molar refractivity (Wildman–Crippen MR) is 117 cm³/mol. The van der Waals surface area contributed by atoms with Crippen LogP contribution in [0.5, 0.6) is 0 Å². The number of pyridine rings is 1. The second kappa shape index (κ2) is 7.59. The maximum absolute atomic E-state index is 14.4. The van der Waals surface area contributed by atoms with Gasteiger partial charge >= 0.3 is 0 Å². The van der Waals surface area contributed by atoms with Crippen molar-refractivity contribution in [3.05, 3.63) is 60.1 Å². The number of anilines is 2. The van der Waals surface area contributed by atoms with Crippen LogP contribution in [-0.4, -0.2) is 51.9 Å². The molecule has 4 heterocycles. The maximum atomic E-state index is 14.4. The first-order valence-corrected chi connectivity index (χ1v) is 10.1. The average Bonchev–Trinajstić information content (AvgIpc) is 3.10. The minimum atomic E-state index is -0.500. The smallest absolute Gasteiger partial charge is 0.257 e. The second-order valence-electron chi connectivity index (χ2n) is 7.86. The first-order valence-electron chi connectivity index (χ1n) is 10.1. The number of aryl methyl sites for hydroxylation is 1. The zero-order chi connectivity index (χ0) is 21.5. The number of imidazole rings is 1. The standard InChI is InChI=1S/C22H22FN7O/c1-13-9-30-12-15(7-17(23)21(30)27-13)28-22(31)16-3-4-18(20-19(16)25-5-6-26-20)29-10-14(11-29)8-24-2/h3-7,9,12,14,24H,8,10-11H2,1-2H3,(H,28,31). The van der Waals surface area contributed by atoms with Crippen molar-refractivity contribution < 1.29 is 9.18 Å². The number of amides is 1. The molecule has 1 saturated heterocycles. The lowest BCUT2D eigenvalue weighted by molar-refractivity contribution is 0.102.